The van der Waals surface area contributed by atoms with Crippen molar-refractivity contribution >= 4 is 33.8 Å². The number of thiophene rings is 1. The van der Waals surface area contributed by atoms with Gasteiger partial charge < -0.3 is 16.0 Å². The van der Waals surface area contributed by atoms with Crippen molar-refractivity contribution in [1.29, 1.82) is 0 Å². The van der Waals surface area contributed by atoms with Crippen LogP contribution in [-0.4, -0.2) is 23.3 Å². The minimum atomic E-state index is -0.162. The lowest BCUT2D eigenvalue weighted by atomic mass is 9.72. The predicted molar refractivity (Wildman–Crippen MR) is 148 cm³/mol. The number of amides is 2. The minimum Gasteiger partial charge on any atom is -0.322 e. The lowest BCUT2D eigenvalue weighted by molar-refractivity contribution is -0.115. The number of anilines is 2. The molecule has 0 radical (unpaired) electrons. The smallest absolute Gasteiger partial charge is 0.258 e. The Hall–Kier alpha value is -3.03. The van der Waals surface area contributed by atoms with E-state index in [0.717, 1.165) is 47.2 Å². The molecule has 1 aliphatic carbocycles. The molecule has 0 saturated heterocycles. The van der Waals surface area contributed by atoms with Crippen LogP contribution in [0.2, 0.25) is 0 Å². The van der Waals surface area contributed by atoms with Gasteiger partial charge in [0.2, 0.25) is 5.91 Å². The zero-order valence-corrected chi connectivity index (χ0v) is 22.6. The van der Waals surface area contributed by atoms with Crippen molar-refractivity contribution in [3.63, 3.8) is 0 Å². The Balaban J connectivity index is 1.55. The van der Waals surface area contributed by atoms with Crippen LogP contribution in [0.5, 0.6) is 0 Å². The molecule has 1 aromatic carbocycles. The van der Waals surface area contributed by atoms with E-state index < -0.39 is 0 Å². The molecule has 2 amide bonds. The van der Waals surface area contributed by atoms with Crippen molar-refractivity contribution in [1.82, 2.24) is 10.3 Å². The summed E-state index contributed by atoms with van der Waals surface area (Å²) in [7, 11) is 0. The third kappa shape index (κ3) is 6.20. The topological polar surface area (TPSA) is 83.1 Å². The van der Waals surface area contributed by atoms with Crippen molar-refractivity contribution < 1.29 is 9.59 Å². The SMILES string of the molecule is Cc1ccc(NC(=O)c2c(NC(=O)CNCc3cccnc3)sc3c2CC[C@H](C(C)(C)C)C3)c(C)c1. The Morgan fingerprint density at radius 2 is 1.94 bits per heavy atom. The summed E-state index contributed by atoms with van der Waals surface area (Å²) in [5.41, 5.74) is 5.87. The fourth-order valence-corrected chi connectivity index (χ4v) is 6.13. The summed E-state index contributed by atoms with van der Waals surface area (Å²) in [5, 5.41) is 9.95. The lowest BCUT2D eigenvalue weighted by Crippen LogP contribution is -2.28. The molecule has 0 spiro atoms. The van der Waals surface area contributed by atoms with Crippen LogP contribution >= 0.6 is 11.3 Å². The van der Waals surface area contributed by atoms with Gasteiger partial charge in [-0.05, 0) is 73.3 Å². The second-order valence-electron chi connectivity index (χ2n) is 10.8. The van der Waals surface area contributed by atoms with Gasteiger partial charge in [0.15, 0.2) is 0 Å². The molecule has 0 saturated carbocycles. The normalized spacial score (nSPS) is 15.3. The van der Waals surface area contributed by atoms with Crippen LogP contribution in [0.25, 0.3) is 0 Å². The number of fused-ring (bicyclic) bond motifs is 1. The van der Waals surface area contributed by atoms with Crippen LogP contribution in [0.3, 0.4) is 0 Å². The molecule has 0 fully saturated rings. The molecule has 0 bridgehead atoms. The Labute approximate surface area is 217 Å². The van der Waals surface area contributed by atoms with E-state index in [-0.39, 0.29) is 23.8 Å². The maximum absolute atomic E-state index is 13.6. The van der Waals surface area contributed by atoms with Crippen LogP contribution in [-0.2, 0) is 24.2 Å². The van der Waals surface area contributed by atoms with Gasteiger partial charge in [0.25, 0.3) is 5.91 Å². The van der Waals surface area contributed by atoms with Crippen LogP contribution in [0.15, 0.2) is 42.7 Å². The zero-order valence-electron chi connectivity index (χ0n) is 21.8. The highest BCUT2D eigenvalue weighted by atomic mass is 32.1. The summed E-state index contributed by atoms with van der Waals surface area (Å²) in [6, 6.07) is 9.84. The third-order valence-electron chi connectivity index (χ3n) is 6.94. The highest BCUT2D eigenvalue weighted by molar-refractivity contribution is 7.17. The maximum atomic E-state index is 13.6. The van der Waals surface area contributed by atoms with E-state index in [1.165, 1.54) is 4.88 Å². The number of aryl methyl sites for hydroxylation is 2. The molecule has 190 valence electrons. The maximum Gasteiger partial charge on any atom is 0.258 e. The first-order valence-corrected chi connectivity index (χ1v) is 13.4. The van der Waals surface area contributed by atoms with Gasteiger partial charge in [0.05, 0.1) is 12.1 Å². The number of benzene rings is 1. The lowest BCUT2D eigenvalue weighted by Gasteiger charge is -2.33. The van der Waals surface area contributed by atoms with Gasteiger partial charge in [-0.15, -0.1) is 11.3 Å². The molecule has 0 aliphatic heterocycles. The molecule has 0 unspecified atom stereocenters. The second kappa shape index (κ2) is 10.9. The molecule has 2 aromatic heterocycles. The number of rotatable bonds is 7. The molecule has 6 nitrogen and oxygen atoms in total. The summed E-state index contributed by atoms with van der Waals surface area (Å²) in [5.74, 6) is 0.223. The Bertz CT molecular complexity index is 1240. The summed E-state index contributed by atoms with van der Waals surface area (Å²) in [6.45, 7) is 11.6. The Morgan fingerprint density at radius 3 is 2.64 bits per heavy atom. The van der Waals surface area contributed by atoms with Gasteiger partial charge in [-0.1, -0.05) is 44.5 Å². The first-order chi connectivity index (χ1) is 17.1. The number of carbonyl (C=O) groups excluding carboxylic acids is 2. The fraction of sp³-hybridized carbons (Fsp3) is 0.414. The number of aromatic nitrogens is 1. The zero-order chi connectivity index (χ0) is 25.9. The van der Waals surface area contributed by atoms with E-state index in [1.54, 1.807) is 23.7 Å². The molecule has 4 rings (SSSR count). The summed E-state index contributed by atoms with van der Waals surface area (Å²) in [4.78, 5) is 31.8. The number of carbonyl (C=O) groups is 2. The molecule has 1 aliphatic rings. The summed E-state index contributed by atoms with van der Waals surface area (Å²) in [6.07, 6.45) is 6.32. The average Bonchev–Trinajstić information content (AvgIpc) is 3.18. The molecule has 36 heavy (non-hydrogen) atoms. The van der Waals surface area contributed by atoms with Crippen LogP contribution in [0.1, 0.15) is 64.7 Å². The Morgan fingerprint density at radius 1 is 1.14 bits per heavy atom. The largest absolute Gasteiger partial charge is 0.322 e. The van der Waals surface area contributed by atoms with E-state index in [1.807, 2.05) is 38.1 Å². The summed E-state index contributed by atoms with van der Waals surface area (Å²) < 4.78 is 0. The molecule has 7 heteroatoms. The van der Waals surface area contributed by atoms with Crippen molar-refractivity contribution in [3.8, 4) is 0 Å². The molecule has 3 aromatic rings. The third-order valence-corrected chi connectivity index (χ3v) is 8.11. The van der Waals surface area contributed by atoms with Gasteiger partial charge in [-0.2, -0.15) is 0 Å². The number of hydrogen-bond donors (Lipinski definition) is 3. The van der Waals surface area contributed by atoms with E-state index in [9.17, 15) is 9.59 Å². The Kier molecular flexibility index (Phi) is 7.91. The van der Waals surface area contributed by atoms with Crippen LogP contribution < -0.4 is 16.0 Å². The van der Waals surface area contributed by atoms with E-state index in [4.69, 9.17) is 0 Å². The highest BCUT2D eigenvalue weighted by Crippen LogP contribution is 2.44. The summed E-state index contributed by atoms with van der Waals surface area (Å²) >= 11 is 1.55. The second-order valence-corrected chi connectivity index (χ2v) is 11.9. The van der Waals surface area contributed by atoms with Gasteiger partial charge >= 0.3 is 0 Å². The standard InChI is InChI=1S/C29H36N4O2S/c1-18-8-11-23(19(2)13-18)32-27(35)26-22-10-9-21(29(3,4)5)14-24(22)36-28(26)33-25(34)17-31-16-20-7-6-12-30-15-20/h6-8,11-13,15,21,31H,9-10,14,16-17H2,1-5H3,(H,32,35)(H,33,34)/t21-/m0/s1. The number of pyridine rings is 1. The van der Waals surface area contributed by atoms with Gasteiger partial charge in [0.1, 0.15) is 5.00 Å². The first-order valence-electron chi connectivity index (χ1n) is 12.5. The van der Waals surface area contributed by atoms with Crippen molar-refractivity contribution in [3.05, 3.63) is 75.4 Å². The number of nitrogens with zero attached hydrogens (tertiary/aromatic N) is 1. The van der Waals surface area contributed by atoms with Gasteiger partial charge in [-0.25, -0.2) is 0 Å². The average molecular weight is 505 g/mol. The monoisotopic (exact) mass is 504 g/mol. The highest BCUT2D eigenvalue weighted by Gasteiger charge is 2.34. The van der Waals surface area contributed by atoms with Crippen molar-refractivity contribution in [2.75, 3.05) is 17.2 Å². The fourth-order valence-electron chi connectivity index (χ4n) is 4.79. The molecular weight excluding hydrogens is 468 g/mol. The van der Waals surface area contributed by atoms with E-state index in [2.05, 4.69) is 47.8 Å². The predicted octanol–water partition coefficient (Wildman–Crippen LogP) is 5.89. The van der Waals surface area contributed by atoms with E-state index >= 15 is 0 Å². The van der Waals surface area contributed by atoms with Crippen LogP contribution in [0.4, 0.5) is 10.7 Å². The molecule has 2 heterocycles. The molecule has 3 N–H and O–H groups in total. The van der Waals surface area contributed by atoms with Crippen molar-refractivity contribution in [2.45, 2.75) is 60.4 Å². The quantitative estimate of drug-likeness (QED) is 0.375. The molecular formula is C29H36N4O2S. The van der Waals surface area contributed by atoms with Gasteiger partial charge in [0, 0.05) is 29.5 Å². The van der Waals surface area contributed by atoms with Crippen LogP contribution in [0, 0.1) is 25.2 Å². The number of nitrogens with one attached hydrogen (secondary N) is 3. The first kappa shape index (κ1) is 26.0. The van der Waals surface area contributed by atoms with E-state index in [0.29, 0.717) is 23.0 Å². The van der Waals surface area contributed by atoms with Gasteiger partial charge in [-0.3, -0.25) is 14.6 Å². The minimum absolute atomic E-state index is 0.153. The molecule has 1 atom stereocenters. The van der Waals surface area contributed by atoms with Crippen molar-refractivity contribution in [2.24, 2.45) is 11.3 Å². The number of hydrogen-bond acceptors (Lipinski definition) is 5.